The largest absolute Gasteiger partial charge is 0.379 e. The fourth-order valence-electron chi connectivity index (χ4n) is 1.59. The number of hydrogen-bond acceptors (Lipinski definition) is 4. The highest BCUT2D eigenvalue weighted by Gasteiger charge is 2.35. The normalized spacial score (nSPS) is 29.3. The zero-order chi connectivity index (χ0) is 11.5. The predicted octanol–water partition coefficient (Wildman–Crippen LogP) is -0.307. The lowest BCUT2D eigenvalue weighted by molar-refractivity contribution is 0.178. The molecule has 2 atom stereocenters. The molecule has 1 rings (SSSR count). The van der Waals surface area contributed by atoms with Gasteiger partial charge in [-0.2, -0.15) is 0 Å². The van der Waals surface area contributed by atoms with Crippen molar-refractivity contribution in [2.24, 2.45) is 0 Å². The zero-order valence-corrected chi connectivity index (χ0v) is 10.4. The molecule has 0 radical (unpaired) electrons. The Kier molecular flexibility index (Phi) is 4.11. The van der Waals surface area contributed by atoms with Crippen LogP contribution in [0.5, 0.6) is 0 Å². The van der Waals surface area contributed by atoms with Crippen molar-refractivity contribution in [2.45, 2.75) is 31.1 Å². The summed E-state index contributed by atoms with van der Waals surface area (Å²) in [6, 6.07) is 0. The molecule has 0 spiro atoms. The first-order chi connectivity index (χ1) is 6.90. The maximum Gasteiger partial charge on any atom is 0.216 e. The van der Waals surface area contributed by atoms with Crippen LogP contribution < -0.4 is 10.0 Å². The summed E-state index contributed by atoms with van der Waals surface area (Å²) >= 11 is 0. The average Bonchev–Trinajstić information content (AvgIpc) is 2.51. The van der Waals surface area contributed by atoms with Gasteiger partial charge in [0.1, 0.15) is 0 Å². The van der Waals surface area contributed by atoms with Gasteiger partial charge in [0.2, 0.25) is 10.0 Å². The van der Waals surface area contributed by atoms with Gasteiger partial charge < -0.3 is 10.1 Å². The zero-order valence-electron chi connectivity index (χ0n) is 9.54. The molecular formula is C9H20N2O3S. The van der Waals surface area contributed by atoms with Crippen molar-refractivity contribution in [3.8, 4) is 0 Å². The van der Waals surface area contributed by atoms with Gasteiger partial charge in [-0.25, -0.2) is 13.1 Å². The molecule has 5 nitrogen and oxygen atoms in total. The van der Waals surface area contributed by atoms with E-state index in [9.17, 15) is 8.42 Å². The van der Waals surface area contributed by atoms with Crippen molar-refractivity contribution in [1.29, 1.82) is 0 Å². The van der Waals surface area contributed by atoms with E-state index < -0.39 is 20.8 Å². The molecule has 0 saturated carbocycles. The van der Waals surface area contributed by atoms with Gasteiger partial charge in [-0.1, -0.05) is 0 Å². The third-order valence-corrected chi connectivity index (χ3v) is 4.63. The summed E-state index contributed by atoms with van der Waals surface area (Å²) in [5.41, 5.74) is -0.430. The molecule has 1 saturated heterocycles. The fourth-order valence-corrected chi connectivity index (χ4v) is 3.02. The first kappa shape index (κ1) is 12.9. The highest BCUT2D eigenvalue weighted by Crippen LogP contribution is 2.19. The van der Waals surface area contributed by atoms with Crippen molar-refractivity contribution >= 4 is 10.0 Å². The minimum atomic E-state index is -3.26. The monoisotopic (exact) mass is 236 g/mol. The molecule has 6 heteroatoms. The second-order valence-electron chi connectivity index (χ2n) is 4.38. The Morgan fingerprint density at radius 3 is 2.67 bits per heavy atom. The number of hydrogen-bond donors (Lipinski definition) is 2. The van der Waals surface area contributed by atoms with Gasteiger partial charge in [0.25, 0.3) is 0 Å². The molecule has 0 aliphatic carbocycles. The van der Waals surface area contributed by atoms with Crippen molar-refractivity contribution in [3.63, 3.8) is 0 Å². The molecule has 0 aromatic heterocycles. The lowest BCUT2D eigenvalue weighted by Crippen LogP contribution is -2.50. The van der Waals surface area contributed by atoms with Crippen LogP contribution in [-0.2, 0) is 14.8 Å². The van der Waals surface area contributed by atoms with Crippen LogP contribution in [0.3, 0.4) is 0 Å². The summed E-state index contributed by atoms with van der Waals surface area (Å²) in [5, 5.41) is 2.43. The fraction of sp³-hybridized carbons (Fsp3) is 1.00. The maximum absolute atomic E-state index is 11.9. The molecule has 0 amide bonds. The average molecular weight is 236 g/mol. The smallest absolute Gasteiger partial charge is 0.216 e. The summed E-state index contributed by atoms with van der Waals surface area (Å²) in [7, 11) is -1.51. The van der Waals surface area contributed by atoms with Crippen LogP contribution >= 0.6 is 0 Å². The van der Waals surface area contributed by atoms with E-state index in [1.807, 2.05) is 6.92 Å². The first-order valence-corrected chi connectivity index (χ1v) is 6.69. The van der Waals surface area contributed by atoms with E-state index in [1.54, 1.807) is 14.0 Å². The van der Waals surface area contributed by atoms with Crippen molar-refractivity contribution in [3.05, 3.63) is 0 Å². The Labute approximate surface area is 91.6 Å². The highest BCUT2D eigenvalue weighted by atomic mass is 32.2. The Balaban J connectivity index is 2.63. The van der Waals surface area contributed by atoms with Crippen molar-refractivity contribution < 1.29 is 13.2 Å². The Bertz CT molecular complexity index is 296. The van der Waals surface area contributed by atoms with Crippen molar-refractivity contribution in [2.75, 3.05) is 26.8 Å². The second-order valence-corrected chi connectivity index (χ2v) is 6.48. The molecule has 0 bridgehead atoms. The number of rotatable bonds is 5. The molecule has 2 unspecified atom stereocenters. The summed E-state index contributed by atoms with van der Waals surface area (Å²) in [4.78, 5) is 0. The van der Waals surface area contributed by atoms with Crippen LogP contribution in [0.25, 0.3) is 0 Å². The summed E-state index contributed by atoms with van der Waals surface area (Å²) in [6.45, 7) is 5.10. The van der Waals surface area contributed by atoms with E-state index in [0.29, 0.717) is 19.8 Å². The van der Waals surface area contributed by atoms with Gasteiger partial charge in [-0.05, 0) is 27.3 Å². The molecule has 1 fully saturated rings. The standard InChI is InChI=1S/C9H20N2O3S/c1-8(6-10-3)15(12,13)11-9(2)4-5-14-7-9/h8,10-11H,4-7H2,1-3H3. The molecule has 0 aromatic carbocycles. The van der Waals surface area contributed by atoms with Crippen LogP contribution in [-0.4, -0.2) is 46.0 Å². The number of nitrogens with one attached hydrogen (secondary N) is 2. The summed E-state index contributed by atoms with van der Waals surface area (Å²) in [5.74, 6) is 0. The van der Waals surface area contributed by atoms with Crippen LogP contribution in [0.4, 0.5) is 0 Å². The lowest BCUT2D eigenvalue weighted by Gasteiger charge is -2.25. The third kappa shape index (κ3) is 3.41. The molecule has 0 aromatic rings. The molecule has 1 heterocycles. The van der Waals surface area contributed by atoms with E-state index in [2.05, 4.69) is 10.0 Å². The second kappa shape index (κ2) is 4.78. The SMILES string of the molecule is CNCC(C)S(=O)(=O)NC1(C)CCOC1. The van der Waals surface area contributed by atoms with Crippen molar-refractivity contribution in [1.82, 2.24) is 10.0 Å². The van der Waals surface area contributed by atoms with E-state index >= 15 is 0 Å². The van der Waals surface area contributed by atoms with Gasteiger partial charge in [-0.3, -0.25) is 0 Å². The van der Waals surface area contributed by atoms with Gasteiger partial charge in [0.15, 0.2) is 0 Å². The maximum atomic E-state index is 11.9. The number of sulfonamides is 1. The lowest BCUT2D eigenvalue weighted by atomic mass is 10.0. The highest BCUT2D eigenvalue weighted by molar-refractivity contribution is 7.90. The first-order valence-electron chi connectivity index (χ1n) is 5.15. The molecule has 15 heavy (non-hydrogen) atoms. The minimum absolute atomic E-state index is 0.430. The molecule has 90 valence electrons. The Morgan fingerprint density at radius 2 is 2.20 bits per heavy atom. The molecular weight excluding hydrogens is 216 g/mol. The van der Waals surface area contributed by atoms with E-state index in [-0.39, 0.29) is 0 Å². The summed E-state index contributed by atoms with van der Waals surface area (Å²) < 4.78 is 31.7. The van der Waals surface area contributed by atoms with Gasteiger partial charge in [-0.15, -0.1) is 0 Å². The van der Waals surface area contributed by atoms with Gasteiger partial charge in [0.05, 0.1) is 17.4 Å². The van der Waals surface area contributed by atoms with Crippen LogP contribution in [0.15, 0.2) is 0 Å². The topological polar surface area (TPSA) is 67.4 Å². The van der Waals surface area contributed by atoms with Gasteiger partial charge >= 0.3 is 0 Å². The Morgan fingerprint density at radius 1 is 1.53 bits per heavy atom. The van der Waals surface area contributed by atoms with E-state index in [0.717, 1.165) is 6.42 Å². The van der Waals surface area contributed by atoms with Gasteiger partial charge in [0, 0.05) is 13.2 Å². The molecule has 2 N–H and O–H groups in total. The van der Waals surface area contributed by atoms with E-state index in [1.165, 1.54) is 0 Å². The quantitative estimate of drug-likeness (QED) is 0.687. The van der Waals surface area contributed by atoms with Crippen LogP contribution in [0, 0.1) is 0 Å². The molecule has 1 aliphatic heterocycles. The molecule has 1 aliphatic rings. The summed E-state index contributed by atoms with van der Waals surface area (Å²) in [6.07, 6.45) is 0.735. The van der Waals surface area contributed by atoms with Crippen LogP contribution in [0.2, 0.25) is 0 Å². The number of ether oxygens (including phenoxy) is 1. The van der Waals surface area contributed by atoms with Crippen LogP contribution in [0.1, 0.15) is 20.3 Å². The van der Waals surface area contributed by atoms with E-state index in [4.69, 9.17) is 4.74 Å². The Hall–Kier alpha value is -0.170. The predicted molar refractivity (Wildman–Crippen MR) is 59.3 cm³/mol. The third-order valence-electron chi connectivity index (χ3n) is 2.63. The minimum Gasteiger partial charge on any atom is -0.379 e.